The van der Waals surface area contributed by atoms with Gasteiger partial charge in [0.1, 0.15) is 5.82 Å². The summed E-state index contributed by atoms with van der Waals surface area (Å²) < 4.78 is 48.6. The molecule has 11 heteroatoms. The summed E-state index contributed by atoms with van der Waals surface area (Å²) in [7, 11) is -2.88. The Kier molecular flexibility index (Phi) is 8.15. The number of aryl methyl sites for hydroxylation is 1. The Labute approximate surface area is 234 Å². The van der Waals surface area contributed by atoms with E-state index in [1.54, 1.807) is 17.9 Å². The number of anilines is 1. The maximum absolute atomic E-state index is 14.2. The second-order valence-electron chi connectivity index (χ2n) is 9.08. The van der Waals surface area contributed by atoms with Gasteiger partial charge in [0, 0.05) is 28.1 Å². The number of hydrogen-bond acceptors (Lipinski definition) is 5. The third-order valence-corrected chi connectivity index (χ3v) is 9.05. The van der Waals surface area contributed by atoms with Gasteiger partial charge in [0.05, 0.1) is 23.1 Å². The lowest BCUT2D eigenvalue weighted by molar-refractivity contribution is -0.149. The number of ether oxygens (including phenoxy) is 1. The zero-order valence-corrected chi connectivity index (χ0v) is 23.8. The normalized spacial score (nSPS) is 15.1. The molecule has 4 rings (SSSR count). The predicted octanol–water partition coefficient (Wildman–Crippen LogP) is 5.70. The van der Waals surface area contributed by atoms with Gasteiger partial charge < -0.3 is 9.64 Å². The van der Waals surface area contributed by atoms with Gasteiger partial charge in [-0.1, -0.05) is 45.7 Å². The Morgan fingerprint density at radius 2 is 1.71 bits per heavy atom. The van der Waals surface area contributed by atoms with Crippen LogP contribution in [0.15, 0.2) is 70.0 Å². The summed E-state index contributed by atoms with van der Waals surface area (Å²) in [5, 5.41) is 0.168. The van der Waals surface area contributed by atoms with Crippen molar-refractivity contribution in [2.45, 2.75) is 30.1 Å². The fourth-order valence-electron chi connectivity index (χ4n) is 4.65. The SMILES string of the molecule is COC(=O)C1(c2ccc(Br)cc2)CCN(C(=O)c2ccc(C)c(S(=O)(=O)Nc3cc(Cl)ccc3F)c2)CC1. The van der Waals surface area contributed by atoms with Crippen molar-refractivity contribution in [2.24, 2.45) is 0 Å². The molecule has 0 atom stereocenters. The zero-order chi connectivity index (χ0) is 27.7. The average Bonchev–Trinajstić information content (AvgIpc) is 2.90. The highest BCUT2D eigenvalue weighted by atomic mass is 79.9. The smallest absolute Gasteiger partial charge is 0.316 e. The van der Waals surface area contributed by atoms with E-state index in [9.17, 15) is 22.4 Å². The van der Waals surface area contributed by atoms with Gasteiger partial charge in [0.15, 0.2) is 0 Å². The number of amides is 1. The maximum atomic E-state index is 14.2. The van der Waals surface area contributed by atoms with E-state index in [-0.39, 0.29) is 46.1 Å². The van der Waals surface area contributed by atoms with Gasteiger partial charge in [-0.25, -0.2) is 12.8 Å². The van der Waals surface area contributed by atoms with E-state index < -0.39 is 21.3 Å². The van der Waals surface area contributed by atoms with Crippen molar-refractivity contribution in [3.8, 4) is 0 Å². The van der Waals surface area contributed by atoms with Crippen molar-refractivity contribution in [3.63, 3.8) is 0 Å². The number of hydrogen-bond donors (Lipinski definition) is 1. The van der Waals surface area contributed by atoms with E-state index in [1.807, 2.05) is 24.3 Å². The number of carbonyl (C=O) groups excluding carboxylic acids is 2. The van der Waals surface area contributed by atoms with Crippen LogP contribution < -0.4 is 4.72 Å². The number of esters is 1. The molecule has 0 spiro atoms. The Bertz CT molecular complexity index is 1490. The molecule has 0 unspecified atom stereocenters. The van der Waals surface area contributed by atoms with Crippen LogP contribution in [0.5, 0.6) is 0 Å². The molecule has 0 bridgehead atoms. The molecule has 200 valence electrons. The van der Waals surface area contributed by atoms with Crippen LogP contribution in [0.2, 0.25) is 5.02 Å². The van der Waals surface area contributed by atoms with E-state index in [4.69, 9.17) is 16.3 Å². The largest absolute Gasteiger partial charge is 0.468 e. The molecule has 1 N–H and O–H groups in total. The number of likely N-dealkylation sites (tertiary alicyclic amines) is 1. The van der Waals surface area contributed by atoms with Crippen molar-refractivity contribution in [3.05, 3.63) is 92.7 Å². The molecule has 1 amide bonds. The minimum atomic E-state index is -4.23. The summed E-state index contributed by atoms with van der Waals surface area (Å²) in [4.78, 5) is 27.7. The molecule has 0 aliphatic carbocycles. The first-order valence-corrected chi connectivity index (χ1v) is 14.3. The van der Waals surface area contributed by atoms with Gasteiger partial charge in [-0.2, -0.15) is 0 Å². The summed E-state index contributed by atoms with van der Waals surface area (Å²) in [5.41, 5.74) is 0.171. The first-order chi connectivity index (χ1) is 18.0. The third kappa shape index (κ3) is 5.57. The molecule has 7 nitrogen and oxygen atoms in total. The highest BCUT2D eigenvalue weighted by molar-refractivity contribution is 9.10. The fraction of sp³-hybridized carbons (Fsp3) is 0.259. The summed E-state index contributed by atoms with van der Waals surface area (Å²) in [6.07, 6.45) is 0.694. The summed E-state index contributed by atoms with van der Waals surface area (Å²) >= 11 is 9.29. The van der Waals surface area contributed by atoms with E-state index in [0.717, 1.165) is 16.1 Å². The highest BCUT2D eigenvalue weighted by Crippen LogP contribution is 2.38. The van der Waals surface area contributed by atoms with Crippen molar-refractivity contribution in [1.82, 2.24) is 4.90 Å². The molecule has 0 saturated carbocycles. The van der Waals surface area contributed by atoms with Crippen LogP contribution in [0.3, 0.4) is 0 Å². The second kappa shape index (κ2) is 11.0. The Morgan fingerprint density at radius 3 is 2.34 bits per heavy atom. The summed E-state index contributed by atoms with van der Waals surface area (Å²) in [6, 6.07) is 15.3. The number of halogens is 3. The van der Waals surface area contributed by atoms with Crippen LogP contribution in [0.25, 0.3) is 0 Å². The molecule has 0 aromatic heterocycles. The number of sulfonamides is 1. The van der Waals surface area contributed by atoms with Crippen LogP contribution >= 0.6 is 27.5 Å². The number of rotatable bonds is 6. The molecule has 0 radical (unpaired) electrons. The van der Waals surface area contributed by atoms with Crippen LogP contribution in [0.1, 0.15) is 34.3 Å². The zero-order valence-electron chi connectivity index (χ0n) is 20.6. The number of benzene rings is 3. The molecule has 1 saturated heterocycles. The van der Waals surface area contributed by atoms with E-state index >= 15 is 0 Å². The van der Waals surface area contributed by atoms with E-state index in [1.165, 1.54) is 31.4 Å². The molecular weight excluding hydrogens is 599 g/mol. The van der Waals surface area contributed by atoms with E-state index in [0.29, 0.717) is 18.4 Å². The minimum absolute atomic E-state index is 0.154. The quantitative estimate of drug-likeness (QED) is 0.356. The lowest BCUT2D eigenvalue weighted by Crippen LogP contribution is -2.49. The Balaban J connectivity index is 1.57. The van der Waals surface area contributed by atoms with Gasteiger partial charge in [0.2, 0.25) is 0 Å². The van der Waals surface area contributed by atoms with Gasteiger partial charge in [-0.05, 0) is 73.4 Å². The van der Waals surface area contributed by atoms with Crippen LogP contribution in [-0.4, -0.2) is 45.4 Å². The third-order valence-electron chi connectivity index (χ3n) is 6.77. The monoisotopic (exact) mass is 622 g/mol. The number of nitrogens with one attached hydrogen (secondary N) is 1. The molecule has 1 aliphatic heterocycles. The van der Waals surface area contributed by atoms with Crippen LogP contribution in [-0.2, 0) is 25.0 Å². The van der Waals surface area contributed by atoms with E-state index in [2.05, 4.69) is 20.7 Å². The molecule has 3 aromatic rings. The number of nitrogens with zero attached hydrogens (tertiary/aromatic N) is 1. The van der Waals surface area contributed by atoms with Crippen molar-refractivity contribution >= 4 is 55.1 Å². The molecule has 3 aromatic carbocycles. The first-order valence-electron chi connectivity index (χ1n) is 11.7. The average molecular weight is 624 g/mol. The number of methoxy groups -OCH3 is 1. The molecular formula is C27H25BrClFN2O5S. The maximum Gasteiger partial charge on any atom is 0.316 e. The Hall–Kier alpha value is -2.95. The van der Waals surface area contributed by atoms with Crippen LogP contribution in [0.4, 0.5) is 10.1 Å². The lowest BCUT2D eigenvalue weighted by Gasteiger charge is -2.40. The Morgan fingerprint density at radius 1 is 1.05 bits per heavy atom. The van der Waals surface area contributed by atoms with Gasteiger partial charge >= 0.3 is 5.97 Å². The van der Waals surface area contributed by atoms with Crippen molar-refractivity contribution in [1.29, 1.82) is 0 Å². The van der Waals surface area contributed by atoms with Crippen molar-refractivity contribution < 1.29 is 27.1 Å². The molecule has 38 heavy (non-hydrogen) atoms. The highest BCUT2D eigenvalue weighted by Gasteiger charge is 2.45. The number of piperidine rings is 1. The fourth-order valence-corrected chi connectivity index (χ4v) is 6.41. The van der Waals surface area contributed by atoms with Gasteiger partial charge in [-0.15, -0.1) is 0 Å². The first kappa shape index (κ1) is 28.1. The van der Waals surface area contributed by atoms with Crippen molar-refractivity contribution in [2.75, 3.05) is 24.9 Å². The molecule has 1 aliphatic rings. The molecule has 1 heterocycles. The standard InChI is InChI=1S/C27H25BrClFN2O5S/c1-17-3-4-18(15-24(17)38(35,36)31-23-16-21(29)9-10-22(23)30)25(33)32-13-11-27(12-14-32,26(34)37-2)19-5-7-20(28)8-6-19/h3-10,15-16,31H,11-14H2,1-2H3. The summed E-state index contributed by atoms with van der Waals surface area (Å²) in [6.45, 7) is 2.12. The second-order valence-corrected chi connectivity index (χ2v) is 12.1. The minimum Gasteiger partial charge on any atom is -0.468 e. The summed E-state index contributed by atoms with van der Waals surface area (Å²) in [5.74, 6) is -1.52. The predicted molar refractivity (Wildman–Crippen MR) is 146 cm³/mol. The van der Waals surface area contributed by atoms with Gasteiger partial charge in [0.25, 0.3) is 15.9 Å². The number of carbonyl (C=O) groups is 2. The topological polar surface area (TPSA) is 92.8 Å². The lowest BCUT2D eigenvalue weighted by atomic mass is 9.72. The molecule has 1 fully saturated rings. The van der Waals surface area contributed by atoms with Crippen LogP contribution in [0, 0.1) is 12.7 Å². The van der Waals surface area contributed by atoms with Gasteiger partial charge in [-0.3, -0.25) is 14.3 Å².